The van der Waals surface area contributed by atoms with Gasteiger partial charge in [-0.1, -0.05) is 0 Å². The van der Waals surface area contributed by atoms with Gasteiger partial charge in [-0.2, -0.15) is 0 Å². The fourth-order valence-electron chi connectivity index (χ4n) is 0.474. The number of hydrogen-bond donors (Lipinski definition) is 1. The number of nitrogens with one attached hydrogen (secondary N) is 1. The second-order valence-electron chi connectivity index (χ2n) is 2.01. The van der Waals surface area contributed by atoms with Crippen molar-refractivity contribution in [3.05, 3.63) is 0 Å². The topological polar surface area (TPSA) is 55.4 Å². The van der Waals surface area contributed by atoms with E-state index in [9.17, 15) is 8.42 Å². The SMILES string of the molecule is COCCCNS(C)(=O)=O. The fraction of sp³-hybridized carbons (Fsp3) is 1.00. The highest BCUT2D eigenvalue weighted by molar-refractivity contribution is 7.88. The molecule has 0 aliphatic heterocycles. The van der Waals surface area contributed by atoms with Crippen LogP contribution >= 0.6 is 0 Å². The largest absolute Gasteiger partial charge is 0.385 e. The van der Waals surface area contributed by atoms with Gasteiger partial charge in [-0.05, 0) is 6.42 Å². The lowest BCUT2D eigenvalue weighted by molar-refractivity contribution is 0.196. The molecule has 5 heteroatoms. The molecule has 0 spiro atoms. The molecular formula is C5H13NO3S. The molecular weight excluding hydrogens is 154 g/mol. The molecule has 0 saturated carbocycles. The summed E-state index contributed by atoms with van der Waals surface area (Å²) >= 11 is 0. The van der Waals surface area contributed by atoms with Crippen LogP contribution < -0.4 is 4.72 Å². The van der Waals surface area contributed by atoms with Crippen LogP contribution in [0.5, 0.6) is 0 Å². The normalized spacial score (nSPS) is 11.8. The van der Waals surface area contributed by atoms with E-state index in [0.29, 0.717) is 19.6 Å². The van der Waals surface area contributed by atoms with Crippen molar-refractivity contribution < 1.29 is 13.2 Å². The second-order valence-corrected chi connectivity index (χ2v) is 3.85. The summed E-state index contributed by atoms with van der Waals surface area (Å²) in [6.45, 7) is 1.04. The standard InChI is InChI=1S/C5H13NO3S/c1-9-5-3-4-6-10(2,7)8/h6H,3-5H2,1-2H3. The Kier molecular flexibility index (Phi) is 4.59. The highest BCUT2D eigenvalue weighted by atomic mass is 32.2. The molecule has 0 radical (unpaired) electrons. The van der Waals surface area contributed by atoms with Crippen LogP contribution in [0.3, 0.4) is 0 Å². The summed E-state index contributed by atoms with van der Waals surface area (Å²) in [5, 5.41) is 0. The van der Waals surface area contributed by atoms with Crippen molar-refractivity contribution in [2.24, 2.45) is 0 Å². The quantitative estimate of drug-likeness (QED) is 0.565. The van der Waals surface area contributed by atoms with Gasteiger partial charge >= 0.3 is 0 Å². The summed E-state index contributed by atoms with van der Waals surface area (Å²) in [4.78, 5) is 0. The first-order chi connectivity index (χ1) is 4.56. The predicted octanol–water partition coefficient (Wildman–Crippen LogP) is -0.428. The maximum Gasteiger partial charge on any atom is 0.208 e. The van der Waals surface area contributed by atoms with Crippen molar-refractivity contribution in [3.63, 3.8) is 0 Å². The Morgan fingerprint density at radius 2 is 2.10 bits per heavy atom. The Bertz CT molecular complexity index is 164. The third-order valence-electron chi connectivity index (χ3n) is 0.889. The Balaban J connectivity index is 3.21. The van der Waals surface area contributed by atoms with E-state index >= 15 is 0 Å². The summed E-state index contributed by atoms with van der Waals surface area (Å²) < 4.78 is 28.0. The van der Waals surface area contributed by atoms with Crippen LogP contribution in [0, 0.1) is 0 Å². The van der Waals surface area contributed by atoms with E-state index in [4.69, 9.17) is 4.74 Å². The minimum absolute atomic E-state index is 0.451. The van der Waals surface area contributed by atoms with E-state index in [-0.39, 0.29) is 0 Å². The average molecular weight is 167 g/mol. The van der Waals surface area contributed by atoms with Crippen molar-refractivity contribution in [2.45, 2.75) is 6.42 Å². The zero-order valence-electron chi connectivity index (χ0n) is 6.25. The maximum absolute atomic E-state index is 10.4. The van der Waals surface area contributed by atoms with Crippen LogP contribution in [-0.2, 0) is 14.8 Å². The van der Waals surface area contributed by atoms with Crippen LogP contribution in [0.4, 0.5) is 0 Å². The molecule has 0 fully saturated rings. The van der Waals surface area contributed by atoms with Crippen molar-refractivity contribution in [2.75, 3.05) is 26.5 Å². The maximum atomic E-state index is 10.4. The fourth-order valence-corrected chi connectivity index (χ4v) is 0.989. The van der Waals surface area contributed by atoms with Gasteiger partial charge < -0.3 is 4.74 Å². The minimum Gasteiger partial charge on any atom is -0.385 e. The van der Waals surface area contributed by atoms with E-state index < -0.39 is 10.0 Å². The van der Waals surface area contributed by atoms with Gasteiger partial charge in [0.15, 0.2) is 0 Å². The molecule has 0 bridgehead atoms. The first-order valence-corrected chi connectivity index (χ1v) is 4.89. The summed E-state index contributed by atoms with van der Waals surface area (Å²) in [6, 6.07) is 0. The molecule has 4 nitrogen and oxygen atoms in total. The second kappa shape index (κ2) is 4.65. The Morgan fingerprint density at radius 3 is 2.50 bits per heavy atom. The molecule has 0 aliphatic carbocycles. The molecule has 10 heavy (non-hydrogen) atoms. The molecule has 0 aromatic rings. The van der Waals surface area contributed by atoms with Gasteiger partial charge in [0, 0.05) is 20.3 Å². The number of rotatable bonds is 5. The zero-order valence-corrected chi connectivity index (χ0v) is 7.07. The number of hydrogen-bond acceptors (Lipinski definition) is 3. The average Bonchev–Trinajstić information content (AvgIpc) is 1.78. The lowest BCUT2D eigenvalue weighted by Crippen LogP contribution is -2.23. The molecule has 0 rings (SSSR count). The van der Waals surface area contributed by atoms with Crippen LogP contribution in [0.15, 0.2) is 0 Å². The van der Waals surface area contributed by atoms with Gasteiger partial charge in [0.05, 0.1) is 6.26 Å². The van der Waals surface area contributed by atoms with E-state index in [1.165, 1.54) is 0 Å². The Labute approximate surface area is 61.6 Å². The predicted molar refractivity (Wildman–Crippen MR) is 39.3 cm³/mol. The Morgan fingerprint density at radius 1 is 1.50 bits per heavy atom. The molecule has 62 valence electrons. The van der Waals surface area contributed by atoms with Crippen molar-refractivity contribution in [1.29, 1.82) is 0 Å². The van der Waals surface area contributed by atoms with Gasteiger partial charge in [-0.25, -0.2) is 13.1 Å². The smallest absolute Gasteiger partial charge is 0.208 e. The molecule has 0 atom stereocenters. The molecule has 0 unspecified atom stereocenters. The molecule has 0 amide bonds. The third kappa shape index (κ3) is 7.87. The summed E-state index contributed by atoms with van der Waals surface area (Å²) in [5.41, 5.74) is 0. The third-order valence-corrected chi connectivity index (χ3v) is 1.62. The number of ether oxygens (including phenoxy) is 1. The van der Waals surface area contributed by atoms with Crippen molar-refractivity contribution in [1.82, 2.24) is 4.72 Å². The lowest BCUT2D eigenvalue weighted by Gasteiger charge is -1.99. The first kappa shape index (κ1) is 9.87. The summed E-state index contributed by atoms with van der Waals surface area (Å²) in [5.74, 6) is 0. The van der Waals surface area contributed by atoms with Gasteiger partial charge in [0.2, 0.25) is 10.0 Å². The lowest BCUT2D eigenvalue weighted by atomic mass is 10.5. The highest BCUT2D eigenvalue weighted by Gasteiger charge is 1.97. The summed E-state index contributed by atoms with van der Waals surface area (Å²) in [6.07, 6.45) is 1.85. The summed E-state index contributed by atoms with van der Waals surface area (Å²) in [7, 11) is -1.43. The first-order valence-electron chi connectivity index (χ1n) is 3.00. The molecule has 0 aromatic carbocycles. The van der Waals surface area contributed by atoms with E-state index in [1.807, 2.05) is 0 Å². The van der Waals surface area contributed by atoms with Gasteiger partial charge in [-0.15, -0.1) is 0 Å². The zero-order chi connectivity index (χ0) is 8.04. The van der Waals surface area contributed by atoms with Crippen LogP contribution in [-0.4, -0.2) is 34.9 Å². The molecule has 0 aromatic heterocycles. The van der Waals surface area contributed by atoms with Crippen molar-refractivity contribution >= 4 is 10.0 Å². The van der Waals surface area contributed by atoms with Gasteiger partial charge in [0.1, 0.15) is 0 Å². The van der Waals surface area contributed by atoms with E-state index in [1.54, 1.807) is 7.11 Å². The molecule has 0 saturated heterocycles. The monoisotopic (exact) mass is 167 g/mol. The van der Waals surface area contributed by atoms with Crippen molar-refractivity contribution in [3.8, 4) is 0 Å². The molecule has 0 aliphatic rings. The minimum atomic E-state index is -3.01. The number of sulfonamides is 1. The number of methoxy groups -OCH3 is 1. The van der Waals surface area contributed by atoms with Gasteiger partial charge in [0.25, 0.3) is 0 Å². The van der Waals surface area contributed by atoms with Gasteiger partial charge in [-0.3, -0.25) is 0 Å². The Hall–Kier alpha value is -0.130. The molecule has 0 heterocycles. The molecule has 1 N–H and O–H groups in total. The van der Waals surface area contributed by atoms with E-state index in [2.05, 4.69) is 4.72 Å². The highest BCUT2D eigenvalue weighted by Crippen LogP contribution is 1.79. The van der Waals surface area contributed by atoms with Crippen LogP contribution in [0.25, 0.3) is 0 Å². The van der Waals surface area contributed by atoms with E-state index in [0.717, 1.165) is 6.26 Å². The van der Waals surface area contributed by atoms with Crippen LogP contribution in [0.1, 0.15) is 6.42 Å². The van der Waals surface area contributed by atoms with Crippen LogP contribution in [0.2, 0.25) is 0 Å².